The zero-order valence-corrected chi connectivity index (χ0v) is 9.73. The Bertz CT molecular complexity index is 532. The molecule has 4 heteroatoms. The van der Waals surface area contributed by atoms with Crippen LogP contribution in [0.15, 0.2) is 48.6 Å². The van der Waals surface area contributed by atoms with Crippen LogP contribution in [0, 0.1) is 0 Å². The van der Waals surface area contributed by atoms with Crippen molar-refractivity contribution in [1.29, 1.82) is 0 Å². The molecule has 18 heavy (non-hydrogen) atoms. The molecule has 0 aromatic heterocycles. The summed E-state index contributed by atoms with van der Waals surface area (Å²) in [5.74, 6) is -1.83. The number of hydrogen-bond donors (Lipinski definition) is 1. The van der Waals surface area contributed by atoms with E-state index in [1.54, 1.807) is 24.3 Å². The Balaban J connectivity index is 2.45. The van der Waals surface area contributed by atoms with E-state index in [1.165, 1.54) is 6.08 Å². The number of rotatable bonds is 2. The molecule has 1 aliphatic carbocycles. The van der Waals surface area contributed by atoms with Gasteiger partial charge in [0.05, 0.1) is 0 Å². The molecule has 0 saturated carbocycles. The lowest BCUT2D eigenvalue weighted by atomic mass is 9.80. The molecule has 0 bridgehead atoms. The standard InChI is InChI=1S/C14H12F2O2/c1-13(15)9-11(10-5-3-2-4-6-10)7-8-14(13,16)12(17)18/h2-9H,1H3,(H,17,18). The maximum Gasteiger partial charge on any atom is 0.349 e. The van der Waals surface area contributed by atoms with Crippen LogP contribution in [-0.4, -0.2) is 22.4 Å². The van der Waals surface area contributed by atoms with Gasteiger partial charge in [-0.25, -0.2) is 13.6 Å². The Morgan fingerprint density at radius 1 is 1.22 bits per heavy atom. The highest BCUT2D eigenvalue weighted by atomic mass is 19.2. The van der Waals surface area contributed by atoms with Gasteiger partial charge in [0.25, 0.3) is 5.67 Å². The average molecular weight is 250 g/mol. The van der Waals surface area contributed by atoms with Gasteiger partial charge in [0.15, 0.2) is 5.67 Å². The van der Waals surface area contributed by atoms with Gasteiger partial charge in [-0.05, 0) is 30.2 Å². The van der Waals surface area contributed by atoms with E-state index in [9.17, 15) is 13.6 Å². The van der Waals surface area contributed by atoms with E-state index >= 15 is 0 Å². The highest BCUT2D eigenvalue weighted by Crippen LogP contribution is 2.40. The Labute approximate surface area is 103 Å². The largest absolute Gasteiger partial charge is 0.479 e. The molecule has 0 saturated heterocycles. The maximum absolute atomic E-state index is 14.2. The second-order valence-corrected chi connectivity index (χ2v) is 4.39. The number of hydrogen-bond acceptors (Lipinski definition) is 1. The van der Waals surface area contributed by atoms with Crippen molar-refractivity contribution in [3.63, 3.8) is 0 Å². The Hall–Kier alpha value is -1.97. The van der Waals surface area contributed by atoms with Crippen molar-refractivity contribution >= 4 is 11.5 Å². The zero-order chi connectivity index (χ0) is 13.4. The van der Waals surface area contributed by atoms with E-state index in [1.807, 2.05) is 6.07 Å². The van der Waals surface area contributed by atoms with Crippen LogP contribution < -0.4 is 0 Å². The lowest BCUT2D eigenvalue weighted by Gasteiger charge is -2.32. The molecule has 2 nitrogen and oxygen atoms in total. The number of aliphatic carboxylic acids is 1. The van der Waals surface area contributed by atoms with Crippen molar-refractivity contribution in [2.45, 2.75) is 18.3 Å². The summed E-state index contributed by atoms with van der Waals surface area (Å²) in [4.78, 5) is 10.8. The van der Waals surface area contributed by atoms with Crippen molar-refractivity contribution in [1.82, 2.24) is 0 Å². The summed E-state index contributed by atoms with van der Waals surface area (Å²) < 4.78 is 28.3. The van der Waals surface area contributed by atoms with Gasteiger partial charge in [0.1, 0.15) is 0 Å². The van der Waals surface area contributed by atoms with Crippen molar-refractivity contribution in [2.75, 3.05) is 0 Å². The molecule has 0 amide bonds. The first-order chi connectivity index (χ1) is 8.37. The second kappa shape index (κ2) is 4.05. The van der Waals surface area contributed by atoms with Crippen LogP contribution in [0.25, 0.3) is 5.57 Å². The molecule has 2 unspecified atom stereocenters. The summed E-state index contributed by atoms with van der Waals surface area (Å²) >= 11 is 0. The number of carbonyl (C=O) groups is 1. The number of halogens is 2. The summed E-state index contributed by atoms with van der Waals surface area (Å²) in [5.41, 5.74) is -4.43. The minimum absolute atomic E-state index is 0.468. The Kier molecular flexibility index (Phi) is 2.81. The molecular formula is C14H12F2O2. The van der Waals surface area contributed by atoms with Crippen molar-refractivity contribution in [3.05, 3.63) is 54.1 Å². The first kappa shape index (κ1) is 12.5. The lowest BCUT2D eigenvalue weighted by molar-refractivity contribution is -0.154. The Morgan fingerprint density at radius 2 is 1.83 bits per heavy atom. The van der Waals surface area contributed by atoms with Gasteiger partial charge < -0.3 is 5.11 Å². The number of carboxylic acids is 1. The van der Waals surface area contributed by atoms with Crippen molar-refractivity contribution < 1.29 is 18.7 Å². The molecule has 94 valence electrons. The number of carboxylic acid groups (broad SMARTS) is 1. The van der Waals surface area contributed by atoms with E-state index < -0.39 is 17.3 Å². The van der Waals surface area contributed by atoms with E-state index in [4.69, 9.17) is 5.11 Å². The fraction of sp³-hybridized carbons (Fsp3) is 0.214. The molecule has 1 N–H and O–H groups in total. The third kappa shape index (κ3) is 1.83. The molecule has 0 radical (unpaired) electrons. The fourth-order valence-corrected chi connectivity index (χ4v) is 1.90. The van der Waals surface area contributed by atoms with Gasteiger partial charge in [-0.2, -0.15) is 0 Å². The van der Waals surface area contributed by atoms with Crippen molar-refractivity contribution in [3.8, 4) is 0 Å². The quantitative estimate of drug-likeness (QED) is 0.875. The van der Waals surface area contributed by atoms with Gasteiger partial charge in [-0.3, -0.25) is 0 Å². The molecule has 0 fully saturated rings. The van der Waals surface area contributed by atoms with E-state index in [0.717, 1.165) is 19.1 Å². The van der Waals surface area contributed by atoms with Crippen LogP contribution in [0.5, 0.6) is 0 Å². The van der Waals surface area contributed by atoms with E-state index in [-0.39, 0.29) is 0 Å². The number of alkyl halides is 2. The smallest absolute Gasteiger partial charge is 0.349 e. The van der Waals surface area contributed by atoms with Crippen LogP contribution in [0.4, 0.5) is 8.78 Å². The van der Waals surface area contributed by atoms with Crippen molar-refractivity contribution in [2.24, 2.45) is 0 Å². The molecule has 0 aliphatic heterocycles. The van der Waals surface area contributed by atoms with Crippen LogP contribution in [0.3, 0.4) is 0 Å². The van der Waals surface area contributed by atoms with Gasteiger partial charge in [-0.15, -0.1) is 0 Å². The second-order valence-electron chi connectivity index (χ2n) is 4.39. The highest BCUT2D eigenvalue weighted by Gasteiger charge is 2.55. The molecular weight excluding hydrogens is 238 g/mol. The number of allylic oxidation sites excluding steroid dienone is 3. The molecule has 2 rings (SSSR count). The highest BCUT2D eigenvalue weighted by molar-refractivity contribution is 5.88. The van der Waals surface area contributed by atoms with Crippen LogP contribution >= 0.6 is 0 Å². The van der Waals surface area contributed by atoms with Crippen LogP contribution in [-0.2, 0) is 4.79 Å². The lowest BCUT2D eigenvalue weighted by Crippen LogP contribution is -2.50. The normalized spacial score (nSPS) is 30.9. The minimum atomic E-state index is -3.02. The SMILES string of the molecule is CC1(F)C=C(c2ccccc2)C=CC1(F)C(=O)O. The number of benzene rings is 1. The summed E-state index contributed by atoms with van der Waals surface area (Å²) in [6.07, 6.45) is 3.07. The summed E-state index contributed by atoms with van der Waals surface area (Å²) in [7, 11) is 0. The first-order valence-corrected chi connectivity index (χ1v) is 5.45. The third-order valence-electron chi connectivity index (χ3n) is 3.05. The van der Waals surface area contributed by atoms with Gasteiger partial charge >= 0.3 is 5.97 Å². The third-order valence-corrected chi connectivity index (χ3v) is 3.05. The topological polar surface area (TPSA) is 37.3 Å². The Morgan fingerprint density at radius 3 is 2.33 bits per heavy atom. The van der Waals surface area contributed by atoms with Crippen LogP contribution in [0.1, 0.15) is 12.5 Å². The van der Waals surface area contributed by atoms with Gasteiger partial charge in [-0.1, -0.05) is 36.4 Å². The van der Waals surface area contributed by atoms with E-state index in [0.29, 0.717) is 11.1 Å². The summed E-state index contributed by atoms with van der Waals surface area (Å²) in [5, 5.41) is 8.79. The van der Waals surface area contributed by atoms with E-state index in [2.05, 4.69) is 0 Å². The summed E-state index contributed by atoms with van der Waals surface area (Å²) in [6.45, 7) is 0.924. The minimum Gasteiger partial charge on any atom is -0.479 e. The fourth-order valence-electron chi connectivity index (χ4n) is 1.90. The molecule has 1 aromatic carbocycles. The van der Waals surface area contributed by atoms with Gasteiger partial charge in [0, 0.05) is 0 Å². The average Bonchev–Trinajstić information content (AvgIpc) is 2.33. The molecule has 1 aromatic rings. The zero-order valence-electron chi connectivity index (χ0n) is 9.73. The van der Waals surface area contributed by atoms with Gasteiger partial charge in [0.2, 0.25) is 0 Å². The predicted molar refractivity (Wildman–Crippen MR) is 64.5 cm³/mol. The van der Waals surface area contributed by atoms with Crippen LogP contribution in [0.2, 0.25) is 0 Å². The molecule has 0 heterocycles. The summed E-state index contributed by atoms with van der Waals surface area (Å²) in [6, 6.07) is 8.85. The first-order valence-electron chi connectivity index (χ1n) is 5.45. The molecule has 0 spiro atoms. The monoisotopic (exact) mass is 250 g/mol. The predicted octanol–water partition coefficient (Wildman–Crippen LogP) is 3.16. The molecule has 2 atom stereocenters. The maximum atomic E-state index is 14.2. The molecule has 1 aliphatic rings.